The monoisotopic (exact) mass is 418 g/mol. The van der Waals surface area contributed by atoms with Crippen LogP contribution >= 0.6 is 0 Å². The van der Waals surface area contributed by atoms with Crippen LogP contribution in [0.4, 0.5) is 27.2 Å². The molecule has 1 aliphatic carbocycles. The molecule has 0 unspecified atom stereocenters. The van der Waals surface area contributed by atoms with E-state index >= 15 is 0 Å². The topological polar surface area (TPSA) is 77.1 Å². The molecule has 0 aromatic heterocycles. The van der Waals surface area contributed by atoms with Gasteiger partial charge < -0.3 is 24.4 Å². The summed E-state index contributed by atoms with van der Waals surface area (Å²) in [6.45, 7) is 0.986. The van der Waals surface area contributed by atoms with Crippen LogP contribution in [0, 0.1) is 11.7 Å². The summed E-state index contributed by atoms with van der Waals surface area (Å²) in [6, 6.07) is 2.12. The second-order valence-electron chi connectivity index (χ2n) is 7.63. The molecular weight excluding hydrogens is 400 g/mol. The van der Waals surface area contributed by atoms with Crippen LogP contribution in [0.3, 0.4) is 0 Å². The molecule has 29 heavy (non-hydrogen) atoms. The number of cyclic esters (lactones) is 1. The lowest BCUT2D eigenvalue weighted by molar-refractivity contribution is -0.137. The summed E-state index contributed by atoms with van der Waals surface area (Å²) in [5, 5.41) is 2.67. The van der Waals surface area contributed by atoms with Gasteiger partial charge in [-0.2, -0.15) is 13.2 Å². The first-order chi connectivity index (χ1) is 13.6. The van der Waals surface area contributed by atoms with Crippen molar-refractivity contribution in [2.45, 2.75) is 30.7 Å². The summed E-state index contributed by atoms with van der Waals surface area (Å²) < 4.78 is 66.8. The van der Waals surface area contributed by atoms with Crippen molar-refractivity contribution in [3.8, 4) is 5.75 Å². The lowest BCUT2D eigenvalue weighted by atomic mass is 9.83. The molecule has 1 saturated carbocycles. The Morgan fingerprint density at radius 2 is 2.03 bits per heavy atom. The number of benzene rings is 1. The maximum Gasteiger partial charge on any atom is 0.416 e. The van der Waals surface area contributed by atoms with E-state index in [1.54, 1.807) is 0 Å². The minimum Gasteiger partial charge on any atom is -0.490 e. The number of hydrogen-bond donors (Lipinski definition) is 1. The Kier molecular flexibility index (Phi) is 4.70. The third-order valence-corrected chi connectivity index (χ3v) is 5.29. The van der Waals surface area contributed by atoms with E-state index in [1.807, 2.05) is 0 Å². The van der Waals surface area contributed by atoms with E-state index in [4.69, 9.17) is 14.2 Å². The highest BCUT2D eigenvalue weighted by Gasteiger charge is 2.52. The van der Waals surface area contributed by atoms with E-state index in [0.29, 0.717) is 32.0 Å². The van der Waals surface area contributed by atoms with Gasteiger partial charge in [0.1, 0.15) is 18.2 Å². The van der Waals surface area contributed by atoms with Crippen molar-refractivity contribution in [1.29, 1.82) is 0 Å². The molecule has 1 spiro atoms. The average Bonchev–Trinajstić information content (AvgIpc) is 2.97. The van der Waals surface area contributed by atoms with Crippen LogP contribution in [0.5, 0.6) is 5.75 Å². The van der Waals surface area contributed by atoms with E-state index in [9.17, 15) is 27.2 Å². The zero-order chi connectivity index (χ0) is 20.8. The van der Waals surface area contributed by atoms with Gasteiger partial charge in [-0.15, -0.1) is 0 Å². The first-order valence-corrected chi connectivity index (χ1v) is 9.04. The first-order valence-electron chi connectivity index (χ1n) is 9.04. The maximum absolute atomic E-state index is 13.8. The minimum atomic E-state index is -4.61. The van der Waals surface area contributed by atoms with Gasteiger partial charge in [0, 0.05) is 0 Å². The van der Waals surface area contributed by atoms with E-state index in [0.717, 1.165) is 12.1 Å². The van der Waals surface area contributed by atoms with E-state index in [2.05, 4.69) is 5.32 Å². The molecule has 2 heterocycles. The largest absolute Gasteiger partial charge is 0.490 e. The molecule has 0 atom stereocenters. The van der Waals surface area contributed by atoms with Gasteiger partial charge in [0.05, 0.1) is 25.3 Å². The summed E-state index contributed by atoms with van der Waals surface area (Å²) >= 11 is 0. The number of alkyl halides is 3. The predicted octanol–water partition coefficient (Wildman–Crippen LogP) is 2.93. The number of ether oxygens (including phenoxy) is 3. The standard InChI is InChI=1S/C18H18F4N2O5/c19-13-5-11(18(20,21)22)1-2-14(13)27-6-10-3-12(4-10)29-16(26)24-7-17(8-24)9-28-15(25)23-17/h1-2,5,10,12H,3-4,6-9H2,(H,23,25)/t10-,12-. The zero-order valence-electron chi connectivity index (χ0n) is 15.1. The van der Waals surface area contributed by atoms with Gasteiger partial charge in [0.25, 0.3) is 0 Å². The minimum absolute atomic E-state index is 0.0137. The Morgan fingerprint density at radius 3 is 2.62 bits per heavy atom. The third kappa shape index (κ3) is 4.03. The normalized spacial score (nSPS) is 25.0. The quantitative estimate of drug-likeness (QED) is 0.761. The van der Waals surface area contributed by atoms with Gasteiger partial charge >= 0.3 is 18.4 Å². The molecule has 3 aliphatic rings. The molecule has 1 aromatic rings. The van der Waals surface area contributed by atoms with Crippen LogP contribution in [-0.4, -0.2) is 55.0 Å². The summed E-state index contributed by atoms with van der Waals surface area (Å²) in [4.78, 5) is 24.6. The molecule has 0 bridgehead atoms. The highest BCUT2D eigenvalue weighted by Crippen LogP contribution is 2.35. The van der Waals surface area contributed by atoms with Crippen molar-refractivity contribution in [2.24, 2.45) is 5.92 Å². The number of amides is 2. The number of likely N-dealkylation sites (tertiary alicyclic amines) is 1. The number of hydrogen-bond acceptors (Lipinski definition) is 5. The molecule has 4 rings (SSSR count). The molecule has 7 nitrogen and oxygen atoms in total. The van der Waals surface area contributed by atoms with E-state index in [1.165, 1.54) is 4.90 Å². The number of alkyl carbamates (subject to hydrolysis) is 1. The Morgan fingerprint density at radius 1 is 1.31 bits per heavy atom. The first kappa shape index (κ1) is 19.6. The van der Waals surface area contributed by atoms with E-state index in [-0.39, 0.29) is 31.0 Å². The molecule has 2 aliphatic heterocycles. The van der Waals surface area contributed by atoms with Gasteiger partial charge in [0.15, 0.2) is 11.6 Å². The van der Waals surface area contributed by atoms with Crippen molar-refractivity contribution in [1.82, 2.24) is 10.2 Å². The average molecular weight is 418 g/mol. The summed E-state index contributed by atoms with van der Waals surface area (Å²) in [6.07, 6.45) is -4.84. The van der Waals surface area contributed by atoms with Gasteiger partial charge in [-0.3, -0.25) is 0 Å². The Hall–Kier alpha value is -2.72. The van der Waals surface area contributed by atoms with Crippen molar-refractivity contribution in [3.05, 3.63) is 29.6 Å². The number of rotatable bonds is 4. The molecule has 2 saturated heterocycles. The number of nitrogens with zero attached hydrogens (tertiary/aromatic N) is 1. The number of carbonyl (C=O) groups excluding carboxylic acids is 2. The lowest BCUT2D eigenvalue weighted by Crippen LogP contribution is -2.70. The second kappa shape index (κ2) is 6.96. The molecule has 11 heteroatoms. The number of halogens is 4. The van der Waals surface area contributed by atoms with Crippen LogP contribution in [0.25, 0.3) is 0 Å². The van der Waals surface area contributed by atoms with Crippen LogP contribution in [-0.2, 0) is 15.7 Å². The number of carbonyl (C=O) groups is 2. The Bertz CT molecular complexity index is 819. The molecule has 1 aromatic carbocycles. The maximum atomic E-state index is 13.8. The molecule has 158 valence electrons. The highest BCUT2D eigenvalue weighted by atomic mass is 19.4. The van der Waals surface area contributed by atoms with Gasteiger partial charge in [-0.05, 0) is 37.0 Å². The van der Waals surface area contributed by atoms with Crippen LogP contribution in [0.2, 0.25) is 0 Å². The molecule has 0 radical (unpaired) electrons. The second-order valence-corrected chi connectivity index (χ2v) is 7.63. The predicted molar refractivity (Wildman–Crippen MR) is 88.7 cm³/mol. The fourth-order valence-electron chi connectivity index (χ4n) is 3.60. The summed E-state index contributed by atoms with van der Waals surface area (Å²) in [7, 11) is 0. The van der Waals surface area contributed by atoms with Gasteiger partial charge in [0.2, 0.25) is 0 Å². The zero-order valence-corrected chi connectivity index (χ0v) is 15.1. The molecule has 1 N–H and O–H groups in total. The van der Waals surface area contributed by atoms with Crippen molar-refractivity contribution in [2.75, 3.05) is 26.3 Å². The SMILES string of the molecule is O=C1NC2(CO1)CN(C(=O)O[C@H]1C[C@H](COc3ccc(C(F)(F)F)cc3F)C1)C2. The van der Waals surface area contributed by atoms with Crippen LogP contribution in [0.1, 0.15) is 18.4 Å². The molecule has 2 amide bonds. The lowest BCUT2D eigenvalue weighted by Gasteiger charge is -2.46. The Balaban J connectivity index is 1.17. The summed E-state index contributed by atoms with van der Waals surface area (Å²) in [5.74, 6) is -1.30. The van der Waals surface area contributed by atoms with Crippen LogP contribution < -0.4 is 10.1 Å². The number of nitrogens with one attached hydrogen (secondary N) is 1. The molecular formula is C18H18F4N2O5. The Labute approximate surface area is 162 Å². The third-order valence-electron chi connectivity index (χ3n) is 5.29. The van der Waals surface area contributed by atoms with E-state index < -0.39 is 35.3 Å². The van der Waals surface area contributed by atoms with Crippen molar-refractivity contribution >= 4 is 12.2 Å². The van der Waals surface area contributed by atoms with Crippen molar-refractivity contribution < 1.29 is 41.4 Å². The van der Waals surface area contributed by atoms with Crippen LogP contribution in [0.15, 0.2) is 18.2 Å². The van der Waals surface area contributed by atoms with Gasteiger partial charge in [-0.1, -0.05) is 0 Å². The highest BCUT2D eigenvalue weighted by molar-refractivity contribution is 5.74. The smallest absolute Gasteiger partial charge is 0.416 e. The molecule has 3 fully saturated rings. The van der Waals surface area contributed by atoms with Gasteiger partial charge in [-0.25, -0.2) is 14.0 Å². The van der Waals surface area contributed by atoms with Crippen molar-refractivity contribution in [3.63, 3.8) is 0 Å². The fourth-order valence-corrected chi connectivity index (χ4v) is 3.60. The summed E-state index contributed by atoms with van der Waals surface area (Å²) in [5.41, 5.74) is -1.59. The fraction of sp³-hybridized carbons (Fsp3) is 0.556.